The van der Waals surface area contributed by atoms with Gasteiger partial charge in [0.05, 0.1) is 18.7 Å². The Morgan fingerprint density at radius 1 is 1.62 bits per heavy atom. The van der Waals surface area contributed by atoms with E-state index in [9.17, 15) is 4.79 Å². The van der Waals surface area contributed by atoms with Crippen LogP contribution in [-0.4, -0.2) is 25.3 Å². The maximum absolute atomic E-state index is 10.7. The van der Waals surface area contributed by atoms with Gasteiger partial charge in [-0.15, -0.1) is 0 Å². The van der Waals surface area contributed by atoms with Crippen LogP contribution in [0.3, 0.4) is 0 Å². The van der Waals surface area contributed by atoms with Crippen LogP contribution in [0.2, 0.25) is 0 Å². The van der Waals surface area contributed by atoms with Crippen LogP contribution < -0.4 is 0 Å². The second-order valence-corrected chi connectivity index (χ2v) is 2.03. The van der Waals surface area contributed by atoms with Crippen LogP contribution in [0.15, 0.2) is 4.99 Å². The number of esters is 1. The van der Waals surface area contributed by atoms with Crippen molar-refractivity contribution >= 4 is 12.2 Å². The molecule has 0 radical (unpaired) electrons. The first-order valence-electron chi connectivity index (χ1n) is 3.69. The van der Waals surface area contributed by atoms with E-state index in [-0.39, 0.29) is 6.54 Å². The van der Waals surface area contributed by atoms with Crippen LogP contribution in [0, 0.1) is 28.6 Å². The van der Waals surface area contributed by atoms with E-state index in [1.54, 1.807) is 19.1 Å². The predicted molar refractivity (Wildman–Crippen MR) is 44.7 cm³/mol. The predicted octanol–water partition coefficient (Wildman–Crippen LogP) is 0.284. The highest BCUT2D eigenvalue weighted by molar-refractivity contribution is 5.75. The van der Waals surface area contributed by atoms with E-state index in [1.807, 2.05) is 0 Å². The normalized spacial score (nSPS) is 9.54. The van der Waals surface area contributed by atoms with Gasteiger partial charge < -0.3 is 4.74 Å². The van der Waals surface area contributed by atoms with E-state index in [0.717, 1.165) is 6.21 Å². The molecule has 5 heteroatoms. The average Bonchev–Trinajstić information content (AvgIpc) is 2.13. The number of rotatable bonds is 4. The molecule has 0 spiro atoms. The third kappa shape index (κ3) is 5.40. The summed E-state index contributed by atoms with van der Waals surface area (Å²) in [6.45, 7) is 1.84. The Balaban J connectivity index is 3.83. The van der Waals surface area contributed by atoms with E-state index in [1.165, 1.54) is 0 Å². The topological polar surface area (TPSA) is 86.2 Å². The van der Waals surface area contributed by atoms with Gasteiger partial charge in [-0.3, -0.25) is 9.79 Å². The highest BCUT2D eigenvalue weighted by Gasteiger charge is 2.01. The Morgan fingerprint density at radius 3 is 2.69 bits per heavy atom. The quantitative estimate of drug-likeness (QED) is 0.458. The largest absolute Gasteiger partial charge is 0.465 e. The number of carbonyl (C=O) groups is 1. The zero-order valence-electron chi connectivity index (χ0n) is 7.23. The first kappa shape index (κ1) is 11.1. The monoisotopic (exact) mass is 179 g/mol. The zero-order chi connectivity index (χ0) is 10.1. The summed E-state index contributed by atoms with van der Waals surface area (Å²) >= 11 is 0. The van der Waals surface area contributed by atoms with Crippen molar-refractivity contribution in [1.29, 1.82) is 10.5 Å². The Labute approximate surface area is 76.2 Å². The third-order valence-electron chi connectivity index (χ3n) is 1.06. The molecule has 0 aliphatic carbocycles. The second kappa shape index (κ2) is 6.81. The Hall–Kier alpha value is -1.88. The smallest absolute Gasteiger partial charge is 0.327 e. The number of carbonyl (C=O) groups excluding carboxylic acids is 1. The lowest BCUT2D eigenvalue weighted by Gasteiger charge is -1.96. The second-order valence-electron chi connectivity index (χ2n) is 2.03. The lowest BCUT2D eigenvalue weighted by Crippen LogP contribution is -2.08. The van der Waals surface area contributed by atoms with Gasteiger partial charge in [0.15, 0.2) is 5.92 Å². The molecule has 0 bridgehead atoms. The number of ether oxygens (including phenoxy) is 1. The SMILES string of the molecule is CCOC(=O)CN=CC(C#N)C#N. The summed E-state index contributed by atoms with van der Waals surface area (Å²) in [5.41, 5.74) is 0. The molecule has 0 aliphatic rings. The molecule has 0 saturated carbocycles. The van der Waals surface area contributed by atoms with Crippen LogP contribution in [0.4, 0.5) is 0 Å². The third-order valence-corrected chi connectivity index (χ3v) is 1.06. The Bertz CT molecular complexity index is 258. The molecular weight excluding hydrogens is 170 g/mol. The first-order valence-corrected chi connectivity index (χ1v) is 3.69. The molecular formula is C8H9N3O2. The molecule has 0 rings (SSSR count). The van der Waals surface area contributed by atoms with Gasteiger partial charge >= 0.3 is 5.97 Å². The average molecular weight is 179 g/mol. The molecule has 0 fully saturated rings. The summed E-state index contributed by atoms with van der Waals surface area (Å²) in [5.74, 6) is -1.36. The summed E-state index contributed by atoms with van der Waals surface area (Å²) in [6, 6.07) is 3.39. The number of aliphatic imine (C=N–C) groups is 1. The van der Waals surface area contributed by atoms with Crippen molar-refractivity contribution in [2.75, 3.05) is 13.2 Å². The van der Waals surface area contributed by atoms with E-state index in [4.69, 9.17) is 10.5 Å². The van der Waals surface area contributed by atoms with Crippen molar-refractivity contribution in [3.05, 3.63) is 0 Å². The molecule has 0 aromatic rings. The zero-order valence-corrected chi connectivity index (χ0v) is 7.23. The highest BCUT2D eigenvalue weighted by atomic mass is 16.5. The van der Waals surface area contributed by atoms with Crippen molar-refractivity contribution < 1.29 is 9.53 Å². The molecule has 0 amide bonds. The van der Waals surface area contributed by atoms with Crippen molar-refractivity contribution in [2.45, 2.75) is 6.92 Å². The summed E-state index contributed by atoms with van der Waals surface area (Å²) < 4.78 is 4.57. The van der Waals surface area contributed by atoms with Crippen LogP contribution >= 0.6 is 0 Å². The molecule has 0 aliphatic heterocycles. The molecule has 0 heterocycles. The fraction of sp³-hybridized carbons (Fsp3) is 0.500. The minimum Gasteiger partial charge on any atom is -0.465 e. The summed E-state index contributed by atoms with van der Waals surface area (Å²) in [7, 11) is 0. The number of hydrogen-bond acceptors (Lipinski definition) is 5. The maximum atomic E-state index is 10.7. The van der Waals surface area contributed by atoms with Gasteiger partial charge in [-0.2, -0.15) is 10.5 Å². The summed E-state index contributed by atoms with van der Waals surface area (Å²) in [5, 5.41) is 16.6. The molecule has 0 saturated heterocycles. The molecule has 0 unspecified atom stereocenters. The molecule has 13 heavy (non-hydrogen) atoms. The molecule has 0 atom stereocenters. The minimum atomic E-state index is -0.894. The van der Waals surface area contributed by atoms with Crippen LogP contribution in [0.5, 0.6) is 0 Å². The van der Waals surface area contributed by atoms with Gasteiger partial charge in [-0.05, 0) is 6.92 Å². The first-order chi connectivity index (χ1) is 6.24. The van der Waals surface area contributed by atoms with Gasteiger partial charge in [0.25, 0.3) is 0 Å². The maximum Gasteiger partial charge on any atom is 0.327 e. The lowest BCUT2D eigenvalue weighted by molar-refractivity contribution is -0.141. The lowest BCUT2D eigenvalue weighted by atomic mass is 10.2. The fourth-order valence-corrected chi connectivity index (χ4v) is 0.535. The summed E-state index contributed by atoms with van der Waals surface area (Å²) in [4.78, 5) is 14.3. The van der Waals surface area contributed by atoms with Gasteiger partial charge in [0.1, 0.15) is 6.54 Å². The molecule has 5 nitrogen and oxygen atoms in total. The van der Waals surface area contributed by atoms with Crippen LogP contribution in [0.25, 0.3) is 0 Å². The van der Waals surface area contributed by atoms with Gasteiger partial charge in [0.2, 0.25) is 0 Å². The Morgan fingerprint density at radius 2 is 2.23 bits per heavy atom. The van der Waals surface area contributed by atoms with Crippen molar-refractivity contribution in [1.82, 2.24) is 0 Å². The van der Waals surface area contributed by atoms with Crippen LogP contribution in [-0.2, 0) is 9.53 Å². The minimum absolute atomic E-state index is 0.145. The van der Waals surface area contributed by atoms with Crippen molar-refractivity contribution in [3.8, 4) is 12.1 Å². The number of nitriles is 2. The molecule has 68 valence electrons. The van der Waals surface area contributed by atoms with Crippen molar-refractivity contribution in [3.63, 3.8) is 0 Å². The van der Waals surface area contributed by atoms with Gasteiger partial charge in [-0.1, -0.05) is 0 Å². The van der Waals surface area contributed by atoms with E-state index < -0.39 is 11.9 Å². The fourth-order valence-electron chi connectivity index (χ4n) is 0.535. The molecule has 0 N–H and O–H groups in total. The number of nitrogens with zero attached hydrogens (tertiary/aromatic N) is 3. The van der Waals surface area contributed by atoms with Crippen LogP contribution in [0.1, 0.15) is 6.92 Å². The molecule has 0 aromatic heterocycles. The van der Waals surface area contributed by atoms with E-state index >= 15 is 0 Å². The van der Waals surface area contributed by atoms with Crippen molar-refractivity contribution in [2.24, 2.45) is 10.9 Å². The van der Waals surface area contributed by atoms with Gasteiger partial charge in [0, 0.05) is 6.21 Å². The molecule has 0 aromatic carbocycles. The number of hydrogen-bond donors (Lipinski definition) is 0. The van der Waals surface area contributed by atoms with E-state index in [2.05, 4.69) is 9.73 Å². The van der Waals surface area contributed by atoms with Gasteiger partial charge in [-0.25, -0.2) is 0 Å². The Kier molecular flexibility index (Phi) is 5.82. The van der Waals surface area contributed by atoms with E-state index in [0.29, 0.717) is 6.61 Å². The standard InChI is InChI=1S/C8H9N3O2/c1-2-13-8(12)6-11-5-7(3-9)4-10/h5,7H,2,6H2,1H3. The highest BCUT2D eigenvalue weighted by Crippen LogP contribution is 1.86. The summed E-state index contributed by atoms with van der Waals surface area (Å²) in [6.07, 6.45) is 1.14.